The van der Waals surface area contributed by atoms with Gasteiger partial charge in [-0.3, -0.25) is 4.79 Å². The van der Waals surface area contributed by atoms with Gasteiger partial charge >= 0.3 is 0 Å². The Labute approximate surface area is 185 Å². The number of hydrogen-bond acceptors (Lipinski definition) is 2. The van der Waals surface area contributed by atoms with Crippen molar-refractivity contribution in [2.45, 2.75) is 6.42 Å². The number of anilines is 1. The van der Waals surface area contributed by atoms with E-state index in [4.69, 9.17) is 0 Å². The van der Waals surface area contributed by atoms with Crippen molar-refractivity contribution < 1.29 is 4.79 Å². The molecule has 0 N–H and O–H groups in total. The number of Topliss-reactive ketones (excluding diaryl/α,β-unsaturated/α-hetero) is 1. The Balaban J connectivity index is 1.47. The molecule has 32 heavy (non-hydrogen) atoms. The fourth-order valence-corrected chi connectivity index (χ4v) is 5.32. The van der Waals surface area contributed by atoms with Gasteiger partial charge < -0.3 is 4.90 Å². The van der Waals surface area contributed by atoms with E-state index in [0.717, 1.165) is 6.54 Å². The second-order valence-corrected chi connectivity index (χ2v) is 9.01. The third-order valence-electron chi connectivity index (χ3n) is 6.96. The minimum atomic E-state index is 0.327. The molecule has 1 heterocycles. The SMILES string of the molecule is O=C1CCN(c2cccc3cc4cc5cc6cc7ccccc7cc6cc5cc4cc23)C1. The molecule has 0 aliphatic carbocycles. The minimum Gasteiger partial charge on any atom is -0.363 e. The zero-order chi connectivity index (χ0) is 21.2. The van der Waals surface area contributed by atoms with E-state index in [1.807, 2.05) is 0 Å². The fourth-order valence-electron chi connectivity index (χ4n) is 5.32. The number of nitrogens with zero attached hydrogens (tertiary/aromatic N) is 1. The third-order valence-corrected chi connectivity index (χ3v) is 6.96. The summed E-state index contributed by atoms with van der Waals surface area (Å²) in [7, 11) is 0. The van der Waals surface area contributed by atoms with Crippen LogP contribution >= 0.6 is 0 Å². The standard InChI is InChI=1S/C30H21NO/c32-28-8-9-31(18-28)30-7-3-6-21-12-24-15-25-13-22-10-19-4-1-2-5-20(19)11-23(22)14-26(25)16-27(24)17-29(21)30/h1-7,10-17H,8-9,18H2. The lowest BCUT2D eigenvalue weighted by atomic mass is 9.96. The average Bonchev–Trinajstić information content (AvgIpc) is 3.24. The van der Waals surface area contributed by atoms with Crippen molar-refractivity contribution in [3.8, 4) is 0 Å². The van der Waals surface area contributed by atoms with Gasteiger partial charge in [-0.25, -0.2) is 0 Å². The van der Waals surface area contributed by atoms with E-state index < -0.39 is 0 Å². The van der Waals surface area contributed by atoms with Crippen molar-refractivity contribution in [2.75, 3.05) is 18.0 Å². The number of fused-ring (bicyclic) bond motifs is 5. The Bertz CT molecular complexity index is 1730. The van der Waals surface area contributed by atoms with E-state index >= 15 is 0 Å². The molecule has 0 spiro atoms. The van der Waals surface area contributed by atoms with Crippen LogP contribution in [-0.4, -0.2) is 18.9 Å². The Morgan fingerprint density at radius 2 is 1.03 bits per heavy atom. The van der Waals surface area contributed by atoms with Crippen molar-refractivity contribution >= 4 is 65.3 Å². The van der Waals surface area contributed by atoms with Crippen LogP contribution in [0, 0.1) is 0 Å². The summed E-state index contributed by atoms with van der Waals surface area (Å²) in [6.07, 6.45) is 0.649. The summed E-state index contributed by atoms with van der Waals surface area (Å²) in [6.45, 7) is 1.34. The first-order chi connectivity index (χ1) is 15.7. The smallest absolute Gasteiger partial charge is 0.153 e. The first-order valence-electron chi connectivity index (χ1n) is 11.2. The predicted molar refractivity (Wildman–Crippen MR) is 136 cm³/mol. The molecule has 0 unspecified atom stereocenters. The molecule has 1 aliphatic heterocycles. The summed E-state index contributed by atoms with van der Waals surface area (Å²) in [5, 5.41) is 12.6. The van der Waals surface area contributed by atoms with E-state index in [9.17, 15) is 4.79 Å². The van der Waals surface area contributed by atoms with E-state index in [1.165, 1.54) is 59.5 Å². The minimum absolute atomic E-state index is 0.327. The van der Waals surface area contributed by atoms with E-state index in [1.54, 1.807) is 0 Å². The summed E-state index contributed by atoms with van der Waals surface area (Å²) in [5.74, 6) is 0.327. The molecule has 6 aromatic carbocycles. The molecular weight excluding hydrogens is 390 g/mol. The molecule has 2 heteroatoms. The van der Waals surface area contributed by atoms with Crippen LogP contribution in [0.1, 0.15) is 6.42 Å². The second-order valence-electron chi connectivity index (χ2n) is 9.01. The van der Waals surface area contributed by atoms with Crippen LogP contribution < -0.4 is 4.90 Å². The summed E-state index contributed by atoms with van der Waals surface area (Å²) < 4.78 is 0. The van der Waals surface area contributed by atoms with Crippen LogP contribution in [0.15, 0.2) is 91.0 Å². The van der Waals surface area contributed by atoms with Gasteiger partial charge in [0.1, 0.15) is 0 Å². The second kappa shape index (κ2) is 6.54. The fraction of sp³-hybridized carbons (Fsp3) is 0.100. The zero-order valence-corrected chi connectivity index (χ0v) is 17.6. The highest BCUT2D eigenvalue weighted by atomic mass is 16.1. The van der Waals surface area contributed by atoms with Gasteiger partial charge in [0.05, 0.1) is 6.54 Å². The van der Waals surface area contributed by atoms with Crippen LogP contribution in [0.3, 0.4) is 0 Å². The Morgan fingerprint density at radius 1 is 0.531 bits per heavy atom. The van der Waals surface area contributed by atoms with Crippen molar-refractivity contribution in [1.29, 1.82) is 0 Å². The average molecular weight is 412 g/mol. The van der Waals surface area contributed by atoms with Crippen LogP contribution in [0.5, 0.6) is 0 Å². The van der Waals surface area contributed by atoms with E-state index in [0.29, 0.717) is 18.7 Å². The van der Waals surface area contributed by atoms with Gasteiger partial charge in [0.15, 0.2) is 5.78 Å². The Kier molecular flexibility index (Phi) is 3.63. The molecule has 1 aliphatic rings. The zero-order valence-electron chi connectivity index (χ0n) is 17.6. The maximum absolute atomic E-state index is 11.9. The number of hydrogen-bond donors (Lipinski definition) is 0. The number of carbonyl (C=O) groups excluding carboxylic acids is 1. The molecular formula is C30H21NO. The lowest BCUT2D eigenvalue weighted by Gasteiger charge is -2.19. The first-order valence-corrected chi connectivity index (χ1v) is 11.2. The predicted octanol–water partition coefficient (Wildman–Crippen LogP) is 7.23. The lowest BCUT2D eigenvalue weighted by Crippen LogP contribution is -2.19. The third kappa shape index (κ3) is 2.69. The van der Waals surface area contributed by atoms with Crippen LogP contribution in [-0.2, 0) is 4.79 Å². The van der Waals surface area contributed by atoms with E-state index in [2.05, 4.69) is 95.9 Å². The summed E-state index contributed by atoms with van der Waals surface area (Å²) in [5.41, 5.74) is 1.17. The summed E-state index contributed by atoms with van der Waals surface area (Å²) in [4.78, 5) is 14.1. The van der Waals surface area contributed by atoms with Crippen LogP contribution in [0.2, 0.25) is 0 Å². The molecule has 6 aromatic rings. The van der Waals surface area contributed by atoms with Crippen molar-refractivity contribution in [2.24, 2.45) is 0 Å². The highest BCUT2D eigenvalue weighted by Gasteiger charge is 2.21. The monoisotopic (exact) mass is 411 g/mol. The molecule has 0 amide bonds. The molecule has 2 nitrogen and oxygen atoms in total. The van der Waals surface area contributed by atoms with Gasteiger partial charge in [-0.15, -0.1) is 0 Å². The van der Waals surface area contributed by atoms with Gasteiger partial charge in [-0.05, 0) is 103 Å². The Morgan fingerprint density at radius 3 is 1.59 bits per heavy atom. The number of carbonyl (C=O) groups is 1. The highest BCUT2D eigenvalue weighted by molar-refractivity contribution is 6.11. The van der Waals surface area contributed by atoms with Gasteiger partial charge in [-0.2, -0.15) is 0 Å². The molecule has 1 fully saturated rings. The molecule has 0 saturated carbocycles. The van der Waals surface area contributed by atoms with Gasteiger partial charge in [0, 0.05) is 24.0 Å². The quantitative estimate of drug-likeness (QED) is 0.266. The van der Waals surface area contributed by atoms with Gasteiger partial charge in [0.2, 0.25) is 0 Å². The summed E-state index contributed by atoms with van der Waals surface area (Å²) in [6, 6.07) is 33.4. The van der Waals surface area contributed by atoms with E-state index in [-0.39, 0.29) is 0 Å². The van der Waals surface area contributed by atoms with Crippen molar-refractivity contribution in [3.05, 3.63) is 91.0 Å². The molecule has 0 atom stereocenters. The molecule has 0 aromatic heterocycles. The van der Waals surface area contributed by atoms with Crippen LogP contribution in [0.4, 0.5) is 5.69 Å². The highest BCUT2D eigenvalue weighted by Crippen LogP contribution is 2.35. The number of benzene rings is 6. The maximum Gasteiger partial charge on any atom is 0.153 e. The Hall–Kier alpha value is -3.91. The van der Waals surface area contributed by atoms with Gasteiger partial charge in [-0.1, -0.05) is 36.4 Å². The molecule has 7 rings (SSSR count). The van der Waals surface area contributed by atoms with Crippen molar-refractivity contribution in [3.63, 3.8) is 0 Å². The first kappa shape index (κ1) is 17.7. The molecule has 152 valence electrons. The van der Waals surface area contributed by atoms with Gasteiger partial charge in [0.25, 0.3) is 0 Å². The van der Waals surface area contributed by atoms with Crippen molar-refractivity contribution in [1.82, 2.24) is 0 Å². The number of ketones is 1. The molecule has 0 bridgehead atoms. The molecule has 1 saturated heterocycles. The topological polar surface area (TPSA) is 20.3 Å². The largest absolute Gasteiger partial charge is 0.363 e. The lowest BCUT2D eigenvalue weighted by molar-refractivity contribution is -0.116. The maximum atomic E-state index is 11.9. The van der Waals surface area contributed by atoms with Crippen LogP contribution in [0.25, 0.3) is 53.9 Å². The summed E-state index contributed by atoms with van der Waals surface area (Å²) >= 11 is 0. The normalized spacial score (nSPS) is 14.5. The molecule has 0 radical (unpaired) electrons. The number of rotatable bonds is 1.